The summed E-state index contributed by atoms with van der Waals surface area (Å²) in [5.74, 6) is -0.291. The van der Waals surface area contributed by atoms with Gasteiger partial charge in [-0.1, -0.05) is 29.8 Å². The second kappa shape index (κ2) is 11.4. The number of hydrogen-bond acceptors (Lipinski definition) is 5. The molecule has 186 valence electrons. The standard InChI is InChI=1S/C27H33N3O5/c1-18-3-2-4-21(13-18)27(34)28-14-25(31)29-22-15-30(16-22)23-9-5-19(6-10-23)20-7-11-24(12-8-20)35-17-26(32)33/h2-4,7-8,11-13,19,22-23H,5-6,9-10,14-17H2,1H3,(H,28,34)(H,29,31)(H,32,33). The molecule has 0 radical (unpaired) electrons. The molecular weight excluding hydrogens is 446 g/mol. The predicted octanol–water partition coefficient (Wildman–Crippen LogP) is 2.72. The van der Waals surface area contributed by atoms with Gasteiger partial charge in [0.25, 0.3) is 5.91 Å². The summed E-state index contributed by atoms with van der Waals surface area (Å²) in [7, 11) is 0. The molecule has 1 aliphatic carbocycles. The fourth-order valence-corrected chi connectivity index (χ4v) is 4.99. The number of benzene rings is 2. The molecule has 0 bridgehead atoms. The average molecular weight is 480 g/mol. The third-order valence-corrected chi connectivity index (χ3v) is 6.89. The van der Waals surface area contributed by atoms with Crippen LogP contribution in [0, 0.1) is 6.92 Å². The summed E-state index contributed by atoms with van der Waals surface area (Å²) in [4.78, 5) is 37.5. The number of amides is 2. The van der Waals surface area contributed by atoms with Gasteiger partial charge in [-0.05, 0) is 68.4 Å². The van der Waals surface area contributed by atoms with Crippen molar-refractivity contribution in [2.24, 2.45) is 0 Å². The maximum atomic E-state index is 12.2. The lowest BCUT2D eigenvalue weighted by atomic mass is 9.80. The molecule has 35 heavy (non-hydrogen) atoms. The number of aliphatic carboxylic acids is 1. The van der Waals surface area contributed by atoms with Crippen LogP contribution in [0.25, 0.3) is 0 Å². The van der Waals surface area contributed by atoms with Crippen molar-refractivity contribution in [3.8, 4) is 5.75 Å². The summed E-state index contributed by atoms with van der Waals surface area (Å²) in [6.07, 6.45) is 4.46. The normalized spacial score (nSPS) is 20.5. The number of carboxylic acid groups (broad SMARTS) is 1. The molecule has 1 heterocycles. The van der Waals surface area contributed by atoms with Gasteiger partial charge in [0.1, 0.15) is 5.75 Å². The molecule has 0 spiro atoms. The molecule has 1 aliphatic heterocycles. The van der Waals surface area contributed by atoms with Crippen LogP contribution in [0.2, 0.25) is 0 Å². The first-order chi connectivity index (χ1) is 16.9. The second-order valence-electron chi connectivity index (χ2n) is 9.53. The highest BCUT2D eigenvalue weighted by molar-refractivity contribution is 5.96. The molecule has 0 unspecified atom stereocenters. The fraction of sp³-hybridized carbons (Fsp3) is 0.444. The van der Waals surface area contributed by atoms with Crippen LogP contribution in [0.15, 0.2) is 48.5 Å². The fourth-order valence-electron chi connectivity index (χ4n) is 4.99. The first kappa shape index (κ1) is 24.7. The Hall–Kier alpha value is -3.39. The lowest BCUT2D eigenvalue weighted by Gasteiger charge is -2.46. The van der Waals surface area contributed by atoms with Gasteiger partial charge in [0, 0.05) is 24.7 Å². The SMILES string of the molecule is Cc1cccc(C(=O)NCC(=O)NC2CN(C3CCC(c4ccc(OCC(=O)O)cc4)CC3)C2)c1. The highest BCUT2D eigenvalue weighted by Gasteiger charge is 2.35. The number of aryl methyl sites for hydroxylation is 1. The van der Waals surface area contributed by atoms with Crippen LogP contribution in [0.5, 0.6) is 5.75 Å². The van der Waals surface area contributed by atoms with E-state index >= 15 is 0 Å². The molecule has 2 fully saturated rings. The zero-order valence-corrected chi connectivity index (χ0v) is 20.0. The van der Waals surface area contributed by atoms with Gasteiger partial charge in [0.05, 0.1) is 12.6 Å². The molecule has 2 aromatic carbocycles. The van der Waals surface area contributed by atoms with Crippen molar-refractivity contribution in [1.82, 2.24) is 15.5 Å². The number of nitrogens with zero attached hydrogens (tertiary/aromatic N) is 1. The maximum Gasteiger partial charge on any atom is 0.341 e. The third-order valence-electron chi connectivity index (χ3n) is 6.89. The maximum absolute atomic E-state index is 12.2. The van der Waals surface area contributed by atoms with Gasteiger partial charge in [-0.15, -0.1) is 0 Å². The first-order valence-corrected chi connectivity index (χ1v) is 12.2. The number of rotatable bonds is 9. The lowest BCUT2D eigenvalue weighted by molar-refractivity contribution is -0.139. The van der Waals surface area contributed by atoms with Gasteiger partial charge in [0.2, 0.25) is 5.91 Å². The zero-order chi connectivity index (χ0) is 24.8. The van der Waals surface area contributed by atoms with Crippen molar-refractivity contribution >= 4 is 17.8 Å². The largest absolute Gasteiger partial charge is 0.482 e. The molecule has 0 aromatic heterocycles. The molecule has 3 N–H and O–H groups in total. The molecule has 8 heteroatoms. The quantitative estimate of drug-likeness (QED) is 0.511. The summed E-state index contributed by atoms with van der Waals surface area (Å²) in [6, 6.07) is 15.7. The minimum absolute atomic E-state index is 0.0193. The van der Waals surface area contributed by atoms with Crippen molar-refractivity contribution in [2.45, 2.75) is 50.6 Å². The number of carboxylic acids is 1. The van der Waals surface area contributed by atoms with Crippen LogP contribution < -0.4 is 15.4 Å². The van der Waals surface area contributed by atoms with Crippen molar-refractivity contribution in [3.63, 3.8) is 0 Å². The first-order valence-electron chi connectivity index (χ1n) is 12.2. The molecule has 0 atom stereocenters. The Morgan fingerprint density at radius 2 is 1.74 bits per heavy atom. The third kappa shape index (κ3) is 6.82. The van der Waals surface area contributed by atoms with E-state index in [9.17, 15) is 14.4 Å². The highest BCUT2D eigenvalue weighted by atomic mass is 16.5. The zero-order valence-electron chi connectivity index (χ0n) is 20.0. The molecule has 2 amide bonds. The van der Waals surface area contributed by atoms with E-state index in [0.717, 1.165) is 44.3 Å². The van der Waals surface area contributed by atoms with Gasteiger partial charge < -0.3 is 20.5 Å². The molecule has 4 rings (SSSR count). The number of carbonyl (C=O) groups excluding carboxylic acids is 2. The number of likely N-dealkylation sites (tertiary alicyclic amines) is 1. The number of ether oxygens (including phenoxy) is 1. The van der Waals surface area contributed by atoms with Gasteiger partial charge in [-0.2, -0.15) is 0 Å². The Morgan fingerprint density at radius 1 is 1.03 bits per heavy atom. The van der Waals surface area contributed by atoms with Crippen LogP contribution in [0.1, 0.15) is 53.1 Å². The summed E-state index contributed by atoms with van der Waals surface area (Å²) < 4.78 is 5.21. The Labute approximate surface area is 205 Å². The molecular formula is C27H33N3O5. The number of carbonyl (C=O) groups is 3. The van der Waals surface area contributed by atoms with E-state index in [-0.39, 0.29) is 31.0 Å². The van der Waals surface area contributed by atoms with E-state index in [1.54, 1.807) is 12.1 Å². The van der Waals surface area contributed by atoms with Crippen LogP contribution in [0.4, 0.5) is 0 Å². The van der Waals surface area contributed by atoms with Crippen LogP contribution in [-0.2, 0) is 9.59 Å². The van der Waals surface area contributed by atoms with Crippen LogP contribution >= 0.6 is 0 Å². The molecule has 1 saturated heterocycles. The van der Waals surface area contributed by atoms with E-state index in [1.807, 2.05) is 43.3 Å². The Morgan fingerprint density at radius 3 is 2.40 bits per heavy atom. The lowest BCUT2D eigenvalue weighted by Crippen LogP contribution is -2.63. The summed E-state index contributed by atoms with van der Waals surface area (Å²) in [5, 5.41) is 14.4. The smallest absolute Gasteiger partial charge is 0.341 e. The van der Waals surface area contributed by atoms with Crippen molar-refractivity contribution in [2.75, 3.05) is 26.2 Å². The molecule has 1 saturated carbocycles. The topological polar surface area (TPSA) is 108 Å². The predicted molar refractivity (Wildman–Crippen MR) is 132 cm³/mol. The molecule has 2 aromatic rings. The van der Waals surface area contributed by atoms with E-state index in [4.69, 9.17) is 9.84 Å². The number of hydrogen-bond donors (Lipinski definition) is 3. The van der Waals surface area contributed by atoms with Gasteiger partial charge >= 0.3 is 5.97 Å². The minimum Gasteiger partial charge on any atom is -0.482 e. The van der Waals surface area contributed by atoms with Crippen LogP contribution in [-0.4, -0.2) is 66.1 Å². The van der Waals surface area contributed by atoms with E-state index in [2.05, 4.69) is 15.5 Å². The van der Waals surface area contributed by atoms with E-state index < -0.39 is 5.97 Å². The Bertz CT molecular complexity index is 1040. The van der Waals surface area contributed by atoms with Gasteiger partial charge in [-0.25, -0.2) is 4.79 Å². The minimum atomic E-state index is -0.981. The summed E-state index contributed by atoms with van der Waals surface area (Å²) in [5.41, 5.74) is 2.84. The van der Waals surface area contributed by atoms with E-state index in [1.165, 1.54) is 5.56 Å². The van der Waals surface area contributed by atoms with Crippen molar-refractivity contribution in [3.05, 3.63) is 65.2 Å². The Balaban J connectivity index is 1.13. The van der Waals surface area contributed by atoms with Crippen LogP contribution in [0.3, 0.4) is 0 Å². The Kier molecular flexibility index (Phi) is 8.02. The molecule has 2 aliphatic rings. The monoisotopic (exact) mass is 479 g/mol. The average Bonchev–Trinajstić information content (AvgIpc) is 2.83. The van der Waals surface area contributed by atoms with Gasteiger partial charge in [0.15, 0.2) is 6.61 Å². The highest BCUT2D eigenvalue weighted by Crippen LogP contribution is 2.36. The van der Waals surface area contributed by atoms with Crippen molar-refractivity contribution < 1.29 is 24.2 Å². The summed E-state index contributed by atoms with van der Waals surface area (Å²) >= 11 is 0. The number of nitrogens with one attached hydrogen (secondary N) is 2. The van der Waals surface area contributed by atoms with E-state index in [0.29, 0.717) is 23.3 Å². The van der Waals surface area contributed by atoms with Gasteiger partial charge in [-0.3, -0.25) is 14.5 Å². The molecule has 8 nitrogen and oxygen atoms in total. The second-order valence-corrected chi connectivity index (χ2v) is 9.53. The van der Waals surface area contributed by atoms with Crippen molar-refractivity contribution in [1.29, 1.82) is 0 Å². The summed E-state index contributed by atoms with van der Waals surface area (Å²) in [6.45, 7) is 3.28.